The summed E-state index contributed by atoms with van der Waals surface area (Å²) in [6, 6.07) is 11.7. The maximum Gasteiger partial charge on any atom is 0.269 e. The highest BCUT2D eigenvalue weighted by Crippen LogP contribution is 2.43. The van der Waals surface area contributed by atoms with Crippen LogP contribution >= 0.6 is 11.6 Å². The van der Waals surface area contributed by atoms with Crippen molar-refractivity contribution in [3.63, 3.8) is 0 Å². The van der Waals surface area contributed by atoms with E-state index in [9.17, 15) is 14.4 Å². The molecule has 11 heteroatoms. The summed E-state index contributed by atoms with van der Waals surface area (Å²) in [5.41, 5.74) is 6.86. The first kappa shape index (κ1) is 22.4. The average Bonchev–Trinajstić information content (AvgIpc) is 3.57. The number of primary amides is 1. The summed E-state index contributed by atoms with van der Waals surface area (Å²) in [4.78, 5) is 49.3. The second kappa shape index (κ2) is 8.56. The first-order valence-electron chi connectivity index (χ1n) is 11.7. The van der Waals surface area contributed by atoms with E-state index in [2.05, 4.69) is 20.4 Å². The Morgan fingerprint density at radius 1 is 1.11 bits per heavy atom. The fourth-order valence-corrected chi connectivity index (χ4v) is 5.84. The second-order valence-corrected chi connectivity index (χ2v) is 9.60. The number of piperidine rings is 1. The third-order valence-electron chi connectivity index (χ3n) is 7.13. The predicted octanol–water partition coefficient (Wildman–Crippen LogP) is 2.75. The van der Waals surface area contributed by atoms with Crippen LogP contribution in [-0.4, -0.2) is 54.5 Å². The summed E-state index contributed by atoms with van der Waals surface area (Å²) in [5, 5.41) is 8.67. The van der Waals surface area contributed by atoms with Crippen LogP contribution in [-0.2, 0) is 16.1 Å². The quantitative estimate of drug-likeness (QED) is 0.402. The number of carbonyl (C=O) groups excluding carboxylic acids is 3. The van der Waals surface area contributed by atoms with Gasteiger partial charge in [0.1, 0.15) is 23.6 Å². The minimum atomic E-state index is -0.661. The van der Waals surface area contributed by atoms with Gasteiger partial charge in [0.25, 0.3) is 5.91 Å². The molecule has 2 fully saturated rings. The van der Waals surface area contributed by atoms with E-state index in [1.807, 2.05) is 6.07 Å². The number of halogens is 1. The van der Waals surface area contributed by atoms with Crippen molar-refractivity contribution in [2.45, 2.75) is 37.9 Å². The highest BCUT2D eigenvalue weighted by Gasteiger charge is 2.51. The molecule has 2 aliphatic rings. The van der Waals surface area contributed by atoms with E-state index in [0.29, 0.717) is 27.6 Å². The van der Waals surface area contributed by atoms with Gasteiger partial charge < -0.3 is 16.0 Å². The van der Waals surface area contributed by atoms with Crippen molar-refractivity contribution in [3.8, 4) is 0 Å². The number of benzene rings is 1. The molecule has 1 aromatic carbocycles. The van der Waals surface area contributed by atoms with Gasteiger partial charge in [0.05, 0.1) is 11.0 Å². The van der Waals surface area contributed by atoms with Crippen molar-refractivity contribution >= 4 is 56.9 Å². The van der Waals surface area contributed by atoms with Crippen LogP contribution in [0.25, 0.3) is 21.8 Å². The molecule has 3 amide bonds. The monoisotopic (exact) mass is 503 g/mol. The van der Waals surface area contributed by atoms with Gasteiger partial charge in [0, 0.05) is 29.1 Å². The van der Waals surface area contributed by atoms with Crippen LogP contribution in [0.15, 0.2) is 48.7 Å². The zero-order chi connectivity index (χ0) is 25.0. The number of likely N-dealkylation sites (tertiary alicyclic amines) is 1. The van der Waals surface area contributed by atoms with E-state index in [-0.39, 0.29) is 41.2 Å². The van der Waals surface area contributed by atoms with Crippen LogP contribution in [0, 0.1) is 5.92 Å². The van der Waals surface area contributed by atoms with E-state index in [0.717, 1.165) is 19.3 Å². The normalized spacial score (nSPS) is 20.8. The minimum absolute atomic E-state index is 0.0265. The number of anilines is 1. The molecule has 1 aliphatic carbocycles. The highest BCUT2D eigenvalue weighted by atomic mass is 35.5. The number of pyridine rings is 2. The number of aromatic nitrogens is 4. The lowest BCUT2D eigenvalue weighted by Crippen LogP contribution is -2.52. The van der Waals surface area contributed by atoms with E-state index in [4.69, 9.17) is 17.3 Å². The largest absolute Gasteiger partial charge is 0.364 e. The molecule has 36 heavy (non-hydrogen) atoms. The van der Waals surface area contributed by atoms with E-state index >= 15 is 0 Å². The lowest BCUT2D eigenvalue weighted by molar-refractivity contribution is -0.141. The average molecular weight is 504 g/mol. The van der Waals surface area contributed by atoms with Crippen molar-refractivity contribution in [2.75, 3.05) is 5.32 Å². The molecule has 0 unspecified atom stereocenters. The molecule has 182 valence electrons. The van der Waals surface area contributed by atoms with Gasteiger partial charge in [-0.05, 0) is 43.4 Å². The number of amides is 3. The van der Waals surface area contributed by atoms with Crippen LogP contribution < -0.4 is 11.1 Å². The summed E-state index contributed by atoms with van der Waals surface area (Å²) in [5.74, 6) is -0.838. The number of hydrogen-bond acceptors (Lipinski definition) is 6. The topological polar surface area (TPSA) is 136 Å². The third-order valence-corrected chi connectivity index (χ3v) is 7.32. The van der Waals surface area contributed by atoms with E-state index in [1.54, 1.807) is 47.5 Å². The Labute approximate surface area is 210 Å². The number of fused-ring (bicyclic) bond motifs is 4. The molecule has 3 atom stereocenters. The van der Waals surface area contributed by atoms with Gasteiger partial charge in [0.2, 0.25) is 11.8 Å². The lowest BCUT2D eigenvalue weighted by atomic mass is 9.97. The molecular weight excluding hydrogens is 482 g/mol. The smallest absolute Gasteiger partial charge is 0.269 e. The molecule has 0 radical (unpaired) electrons. The van der Waals surface area contributed by atoms with Crippen LogP contribution in [0.1, 0.15) is 29.8 Å². The fourth-order valence-electron chi connectivity index (χ4n) is 5.66. The number of nitrogens with zero attached hydrogens (tertiary/aromatic N) is 5. The summed E-state index contributed by atoms with van der Waals surface area (Å²) in [7, 11) is 0. The Morgan fingerprint density at radius 2 is 1.92 bits per heavy atom. The molecule has 4 heterocycles. The van der Waals surface area contributed by atoms with Crippen LogP contribution in [0.5, 0.6) is 0 Å². The van der Waals surface area contributed by atoms with Gasteiger partial charge >= 0.3 is 0 Å². The number of hydrogen-bond donors (Lipinski definition) is 2. The maximum absolute atomic E-state index is 13.6. The fraction of sp³-hybridized carbons (Fsp3) is 0.280. The van der Waals surface area contributed by atoms with E-state index < -0.39 is 11.9 Å². The van der Waals surface area contributed by atoms with Crippen molar-refractivity contribution in [1.82, 2.24) is 24.6 Å². The third kappa shape index (κ3) is 3.65. The first-order chi connectivity index (χ1) is 17.4. The van der Waals surface area contributed by atoms with Gasteiger partial charge in [0.15, 0.2) is 5.69 Å². The van der Waals surface area contributed by atoms with Crippen LogP contribution in [0.4, 0.5) is 5.82 Å². The Balaban J connectivity index is 1.29. The van der Waals surface area contributed by atoms with Gasteiger partial charge in [-0.3, -0.25) is 24.0 Å². The zero-order valence-electron chi connectivity index (χ0n) is 19.1. The number of nitrogens with two attached hydrogens (primary N) is 1. The Morgan fingerprint density at radius 3 is 2.75 bits per heavy atom. The van der Waals surface area contributed by atoms with Crippen molar-refractivity contribution in [2.24, 2.45) is 11.7 Å². The Bertz CT molecular complexity index is 1550. The molecule has 1 aliphatic heterocycles. The van der Waals surface area contributed by atoms with Gasteiger partial charge in [-0.25, -0.2) is 4.98 Å². The molecule has 10 nitrogen and oxygen atoms in total. The van der Waals surface area contributed by atoms with Gasteiger partial charge in [-0.15, -0.1) is 0 Å². The van der Waals surface area contributed by atoms with E-state index in [1.165, 1.54) is 4.68 Å². The molecule has 6 rings (SSSR count). The Kier molecular flexibility index (Phi) is 5.33. The molecule has 4 aromatic rings. The summed E-state index contributed by atoms with van der Waals surface area (Å²) >= 11 is 6.16. The highest BCUT2D eigenvalue weighted by molar-refractivity contribution is 6.30. The zero-order valence-corrected chi connectivity index (χ0v) is 19.9. The molecule has 0 spiro atoms. The van der Waals surface area contributed by atoms with Crippen molar-refractivity contribution in [3.05, 3.63) is 59.5 Å². The number of carbonyl (C=O) groups is 3. The molecule has 3 N–H and O–H groups in total. The SMILES string of the molecule is NC(=O)c1nn(CC(=O)N2[C@@H]3CC[C@@H](C3)[C@H]2C(=O)Nc2nc(Cl)cc3ncccc23)c2ccccc12. The summed E-state index contributed by atoms with van der Waals surface area (Å²) in [6.45, 7) is -0.108. The number of nitrogens with one attached hydrogen (secondary N) is 1. The first-order valence-corrected chi connectivity index (χ1v) is 12.1. The maximum atomic E-state index is 13.6. The summed E-state index contributed by atoms with van der Waals surface area (Å²) < 4.78 is 1.48. The summed E-state index contributed by atoms with van der Waals surface area (Å²) in [6.07, 6.45) is 4.12. The molecular formula is C25H22ClN7O3. The van der Waals surface area contributed by atoms with Gasteiger partial charge in [-0.2, -0.15) is 5.10 Å². The van der Waals surface area contributed by atoms with Crippen molar-refractivity contribution < 1.29 is 14.4 Å². The second-order valence-electron chi connectivity index (χ2n) is 9.21. The Hall–Kier alpha value is -4.05. The molecule has 1 saturated heterocycles. The molecule has 3 aromatic heterocycles. The van der Waals surface area contributed by atoms with Gasteiger partial charge in [-0.1, -0.05) is 29.8 Å². The van der Waals surface area contributed by atoms with Crippen LogP contribution in [0.2, 0.25) is 5.15 Å². The minimum Gasteiger partial charge on any atom is -0.364 e. The standard InChI is InChI=1S/C25H22ClN7O3/c26-19-11-17-15(5-3-9-28-17)24(29-19)30-25(36)22-13-7-8-14(10-13)33(22)20(34)12-32-18-6-2-1-4-16(18)21(31-32)23(27)35/h1-6,9,11,13-14,22H,7-8,10,12H2,(H2,27,35)(H,29,30,36)/t13-,14+,22-/m0/s1. The lowest BCUT2D eigenvalue weighted by Gasteiger charge is -2.34. The molecule has 1 saturated carbocycles. The van der Waals surface area contributed by atoms with Crippen LogP contribution in [0.3, 0.4) is 0 Å². The predicted molar refractivity (Wildman–Crippen MR) is 133 cm³/mol. The number of rotatable bonds is 5. The van der Waals surface area contributed by atoms with Crippen molar-refractivity contribution in [1.29, 1.82) is 0 Å². The number of para-hydroxylation sites is 1. The molecule has 2 bridgehead atoms.